The van der Waals surface area contributed by atoms with E-state index in [1.165, 1.54) is 4.90 Å². The molecule has 1 fully saturated rings. The molecule has 1 aliphatic heterocycles. The lowest BCUT2D eigenvalue weighted by atomic mass is 10.1. The molecule has 0 radical (unpaired) electrons. The summed E-state index contributed by atoms with van der Waals surface area (Å²) in [5.74, 6) is -1.36. The fourth-order valence-electron chi connectivity index (χ4n) is 2.68. The van der Waals surface area contributed by atoms with Crippen molar-refractivity contribution < 1.29 is 32.2 Å². The van der Waals surface area contributed by atoms with E-state index < -0.39 is 29.6 Å². The van der Waals surface area contributed by atoms with Gasteiger partial charge in [-0.1, -0.05) is 12.1 Å². The fraction of sp³-hybridized carbons (Fsp3) is 0.278. The number of halogens is 3. The predicted molar refractivity (Wildman–Crippen MR) is 91.9 cm³/mol. The zero-order valence-electron chi connectivity index (χ0n) is 14.7. The van der Waals surface area contributed by atoms with Crippen molar-refractivity contribution in [3.05, 3.63) is 53.2 Å². The van der Waals surface area contributed by atoms with E-state index in [0.29, 0.717) is 31.5 Å². The number of aromatic nitrogens is 1. The molecule has 1 aromatic heterocycles. The molecule has 148 valence electrons. The van der Waals surface area contributed by atoms with Crippen LogP contribution in [-0.2, 0) is 17.5 Å². The fourth-order valence-corrected chi connectivity index (χ4v) is 2.68. The smallest absolute Gasteiger partial charge is 0.421 e. The molecule has 2 heterocycles. The van der Waals surface area contributed by atoms with Crippen LogP contribution >= 0.6 is 0 Å². The maximum atomic E-state index is 13.1. The summed E-state index contributed by atoms with van der Waals surface area (Å²) in [6, 6.07) is 7.33. The maximum Gasteiger partial charge on any atom is 0.421 e. The van der Waals surface area contributed by atoms with Crippen LogP contribution in [0, 0.1) is 0 Å². The first kappa shape index (κ1) is 19.5. The summed E-state index contributed by atoms with van der Waals surface area (Å²) in [6.45, 7) is 1.08. The Balaban J connectivity index is 1.76. The van der Waals surface area contributed by atoms with Crippen molar-refractivity contribution in [3.8, 4) is 5.88 Å². The van der Waals surface area contributed by atoms with Crippen LogP contribution in [0.3, 0.4) is 0 Å². The Morgan fingerprint density at radius 2 is 2.14 bits per heavy atom. The topological polar surface area (TPSA) is 80.8 Å². The highest BCUT2D eigenvalue weighted by Gasteiger charge is 2.36. The Morgan fingerprint density at radius 1 is 1.36 bits per heavy atom. The van der Waals surface area contributed by atoms with Gasteiger partial charge in [0.15, 0.2) is 0 Å². The quantitative estimate of drug-likeness (QED) is 0.840. The van der Waals surface area contributed by atoms with E-state index in [-0.39, 0.29) is 5.56 Å². The van der Waals surface area contributed by atoms with Gasteiger partial charge >= 0.3 is 12.3 Å². The normalized spacial score (nSPS) is 14.0. The second-order valence-electron chi connectivity index (χ2n) is 5.97. The minimum Gasteiger partial charge on any atom is -0.481 e. The van der Waals surface area contributed by atoms with E-state index in [2.05, 4.69) is 15.0 Å². The largest absolute Gasteiger partial charge is 0.481 e. The number of benzene rings is 1. The number of carbonyl (C=O) groups is 2. The van der Waals surface area contributed by atoms with Crippen LogP contribution in [0.4, 0.5) is 23.7 Å². The first-order chi connectivity index (χ1) is 13.3. The number of methoxy groups -OCH3 is 1. The molecule has 1 aliphatic rings. The van der Waals surface area contributed by atoms with Gasteiger partial charge in [0.2, 0.25) is 5.88 Å². The third-order valence-electron chi connectivity index (χ3n) is 4.02. The first-order valence-corrected chi connectivity index (χ1v) is 8.21. The van der Waals surface area contributed by atoms with Crippen molar-refractivity contribution in [2.75, 3.05) is 25.6 Å². The molecule has 0 bridgehead atoms. The molecule has 7 nitrogen and oxygen atoms in total. The number of ether oxygens (including phenoxy) is 2. The van der Waals surface area contributed by atoms with Crippen LogP contribution in [-0.4, -0.2) is 42.1 Å². The van der Waals surface area contributed by atoms with Gasteiger partial charge in [-0.25, -0.2) is 9.78 Å². The average Bonchev–Trinajstić information content (AvgIpc) is 3.05. The molecular formula is C18H16F3N3O4. The highest BCUT2D eigenvalue weighted by molar-refractivity contribution is 6.04. The molecule has 2 amide bonds. The summed E-state index contributed by atoms with van der Waals surface area (Å²) in [5, 5.41) is 2.53. The summed E-state index contributed by atoms with van der Waals surface area (Å²) in [7, 11) is 1.07. The molecular weight excluding hydrogens is 379 g/mol. The maximum absolute atomic E-state index is 13.1. The molecule has 0 atom stereocenters. The third kappa shape index (κ3) is 4.33. The van der Waals surface area contributed by atoms with E-state index in [4.69, 9.17) is 4.74 Å². The summed E-state index contributed by atoms with van der Waals surface area (Å²) in [5.41, 5.74) is -0.287. The monoisotopic (exact) mass is 395 g/mol. The van der Waals surface area contributed by atoms with Crippen LogP contribution in [0.25, 0.3) is 0 Å². The van der Waals surface area contributed by atoms with E-state index in [1.807, 2.05) is 0 Å². The first-order valence-electron chi connectivity index (χ1n) is 8.21. The molecule has 10 heteroatoms. The lowest BCUT2D eigenvalue weighted by molar-refractivity contribution is -0.139. The third-order valence-corrected chi connectivity index (χ3v) is 4.02. The number of nitrogens with one attached hydrogen (secondary N) is 1. The second kappa shape index (κ2) is 7.75. The number of anilines is 1. The van der Waals surface area contributed by atoms with Crippen molar-refractivity contribution in [3.63, 3.8) is 0 Å². The minimum atomic E-state index is -4.71. The number of hydrogen-bond acceptors (Lipinski definition) is 5. The zero-order valence-corrected chi connectivity index (χ0v) is 14.7. The molecule has 0 aliphatic carbocycles. The van der Waals surface area contributed by atoms with Gasteiger partial charge in [0, 0.05) is 18.4 Å². The highest BCUT2D eigenvalue weighted by atomic mass is 19.4. The standard InChI is InChI=1S/C18H16F3N3O4/c1-27-16-14(18(19,20)21)8-12(9-22-16)15(25)23-13-4-2-3-11(7-13)10-24-5-6-28-17(24)26/h2-4,7-9H,5-6,10H2,1H3,(H,23,25). The average molecular weight is 395 g/mol. The van der Waals surface area contributed by atoms with Crippen LogP contribution in [0.15, 0.2) is 36.5 Å². The zero-order chi connectivity index (χ0) is 20.3. The van der Waals surface area contributed by atoms with E-state index in [9.17, 15) is 22.8 Å². The second-order valence-corrected chi connectivity index (χ2v) is 5.97. The summed E-state index contributed by atoms with van der Waals surface area (Å²) in [6.07, 6.45) is -4.12. The molecule has 0 spiro atoms. The number of carbonyl (C=O) groups excluding carboxylic acids is 2. The van der Waals surface area contributed by atoms with Gasteiger partial charge < -0.3 is 19.7 Å². The van der Waals surface area contributed by atoms with Gasteiger partial charge in [0.05, 0.1) is 19.2 Å². The SMILES string of the molecule is COc1ncc(C(=O)Nc2cccc(CN3CCOC3=O)c2)cc1C(F)(F)F. The Labute approximate surface area is 158 Å². The Bertz CT molecular complexity index is 902. The van der Waals surface area contributed by atoms with Crippen molar-refractivity contribution in [2.45, 2.75) is 12.7 Å². The van der Waals surface area contributed by atoms with E-state index >= 15 is 0 Å². The lowest BCUT2D eigenvalue weighted by Crippen LogP contribution is -2.23. The van der Waals surface area contributed by atoms with E-state index in [0.717, 1.165) is 18.9 Å². The van der Waals surface area contributed by atoms with Gasteiger partial charge in [0.25, 0.3) is 5.91 Å². The molecule has 1 aromatic carbocycles. The molecule has 2 aromatic rings. The predicted octanol–water partition coefficient (Wildman–Crippen LogP) is 3.31. The number of cyclic esters (lactones) is 1. The highest BCUT2D eigenvalue weighted by Crippen LogP contribution is 2.35. The van der Waals surface area contributed by atoms with Crippen LogP contribution in [0.5, 0.6) is 5.88 Å². The minimum absolute atomic E-state index is 0.262. The van der Waals surface area contributed by atoms with E-state index in [1.54, 1.807) is 24.3 Å². The summed E-state index contributed by atoms with van der Waals surface area (Å²) < 4.78 is 48.7. The Morgan fingerprint density at radius 3 is 2.79 bits per heavy atom. The van der Waals surface area contributed by atoms with Gasteiger partial charge in [-0.2, -0.15) is 13.2 Å². The van der Waals surface area contributed by atoms with Gasteiger partial charge in [-0.3, -0.25) is 4.79 Å². The molecule has 28 heavy (non-hydrogen) atoms. The summed E-state index contributed by atoms with van der Waals surface area (Å²) >= 11 is 0. The Hall–Kier alpha value is -3.30. The number of hydrogen-bond donors (Lipinski definition) is 1. The number of alkyl halides is 3. The molecule has 1 saturated heterocycles. The van der Waals surface area contributed by atoms with Crippen molar-refractivity contribution >= 4 is 17.7 Å². The van der Waals surface area contributed by atoms with Crippen molar-refractivity contribution in [1.82, 2.24) is 9.88 Å². The van der Waals surface area contributed by atoms with Crippen LogP contribution < -0.4 is 10.1 Å². The van der Waals surface area contributed by atoms with Crippen LogP contribution in [0.2, 0.25) is 0 Å². The molecule has 1 N–H and O–H groups in total. The van der Waals surface area contributed by atoms with Gasteiger partial charge in [-0.05, 0) is 23.8 Å². The summed E-state index contributed by atoms with van der Waals surface area (Å²) in [4.78, 5) is 28.9. The lowest BCUT2D eigenvalue weighted by Gasteiger charge is -2.14. The molecule has 0 unspecified atom stereocenters. The van der Waals surface area contributed by atoms with Crippen LogP contribution in [0.1, 0.15) is 21.5 Å². The van der Waals surface area contributed by atoms with Gasteiger partial charge in [-0.15, -0.1) is 0 Å². The van der Waals surface area contributed by atoms with Gasteiger partial charge in [0.1, 0.15) is 12.2 Å². The number of pyridine rings is 1. The number of nitrogens with zero attached hydrogens (tertiary/aromatic N) is 2. The van der Waals surface area contributed by atoms with Crippen molar-refractivity contribution in [1.29, 1.82) is 0 Å². The Kier molecular flexibility index (Phi) is 5.39. The number of amides is 2. The molecule has 0 saturated carbocycles. The molecule has 3 rings (SSSR count). The number of rotatable bonds is 5. The van der Waals surface area contributed by atoms with Crippen molar-refractivity contribution in [2.24, 2.45) is 0 Å².